The van der Waals surface area contributed by atoms with Crippen LogP contribution in [0.2, 0.25) is 0 Å². The van der Waals surface area contributed by atoms with Crippen LogP contribution >= 0.6 is 0 Å². The Morgan fingerprint density at radius 2 is 1.87 bits per heavy atom. The van der Waals surface area contributed by atoms with Crippen LogP contribution in [0.3, 0.4) is 0 Å². The number of fused-ring (bicyclic) bond motifs is 1. The topological polar surface area (TPSA) is 108 Å². The predicted molar refractivity (Wildman–Crippen MR) is 122 cm³/mol. The van der Waals surface area contributed by atoms with Gasteiger partial charge in [-0.15, -0.1) is 0 Å². The van der Waals surface area contributed by atoms with Crippen molar-refractivity contribution in [1.29, 1.82) is 0 Å². The second-order valence-electron chi connectivity index (χ2n) is 7.50. The summed E-state index contributed by atoms with van der Waals surface area (Å²) in [6, 6.07) is 7.62. The first kappa shape index (κ1) is 25.0. The maximum absolute atomic E-state index is 12.6. The zero-order chi connectivity index (χ0) is 23.0. The normalized spacial score (nSPS) is 16.1. The molecule has 7 nitrogen and oxygen atoms in total. The molecule has 3 N–H and O–H groups in total. The number of hydrogen-bond donors (Lipinski definition) is 3. The first-order valence-electron chi connectivity index (χ1n) is 10.8. The van der Waals surface area contributed by atoms with Crippen LogP contribution in [0.4, 0.5) is 0 Å². The number of aromatic nitrogens is 1. The number of aliphatic hydroxyl groups excluding tert-OH is 1. The highest BCUT2D eigenvalue weighted by atomic mass is 32.2. The molecule has 0 spiro atoms. The molecule has 0 fully saturated rings. The highest BCUT2D eigenvalue weighted by Gasteiger charge is 2.24. The van der Waals surface area contributed by atoms with E-state index in [4.69, 9.17) is 0 Å². The lowest BCUT2D eigenvalue weighted by atomic mass is 10.1. The molecule has 1 aliphatic heterocycles. The van der Waals surface area contributed by atoms with Crippen LogP contribution in [-0.4, -0.2) is 36.8 Å². The molecular weight excluding hydrogens is 414 g/mol. The summed E-state index contributed by atoms with van der Waals surface area (Å²) >= 11 is 0. The van der Waals surface area contributed by atoms with Gasteiger partial charge in [-0.05, 0) is 35.7 Å². The van der Waals surface area contributed by atoms with Gasteiger partial charge in [-0.2, -0.15) is 0 Å². The number of aliphatic hydroxyl groups is 1. The Bertz CT molecular complexity index is 975. The molecule has 0 saturated carbocycles. The van der Waals surface area contributed by atoms with E-state index in [1.54, 1.807) is 25.3 Å². The molecule has 2 heterocycles. The van der Waals surface area contributed by atoms with Gasteiger partial charge >= 0.3 is 0 Å². The van der Waals surface area contributed by atoms with E-state index in [-0.39, 0.29) is 29.2 Å². The minimum atomic E-state index is -3.29. The van der Waals surface area contributed by atoms with Gasteiger partial charge in [-0.25, -0.2) is 8.42 Å². The molecule has 1 amide bonds. The predicted octanol–water partition coefficient (Wildman–Crippen LogP) is 3.31. The van der Waals surface area contributed by atoms with E-state index in [9.17, 15) is 18.3 Å². The molecule has 0 radical (unpaired) electrons. The van der Waals surface area contributed by atoms with Gasteiger partial charge in [0.05, 0.1) is 34.6 Å². The Morgan fingerprint density at radius 3 is 2.42 bits per heavy atom. The second-order valence-corrected chi connectivity index (χ2v) is 9.78. The largest absolute Gasteiger partial charge is 0.394 e. The van der Waals surface area contributed by atoms with Crippen molar-refractivity contribution < 1.29 is 18.3 Å². The highest BCUT2D eigenvalue weighted by molar-refractivity contribution is 7.91. The Kier molecular flexibility index (Phi) is 9.15. The summed E-state index contributed by atoms with van der Waals surface area (Å²) < 4.78 is 23.8. The van der Waals surface area contributed by atoms with Crippen LogP contribution < -0.4 is 10.6 Å². The first-order chi connectivity index (χ1) is 14.8. The summed E-state index contributed by atoms with van der Waals surface area (Å²) in [5.74, 6) is -0.314. The molecule has 31 heavy (non-hydrogen) atoms. The number of amides is 1. The molecule has 0 aliphatic carbocycles. The lowest BCUT2D eigenvalue weighted by Crippen LogP contribution is -2.31. The Labute approximate surface area is 185 Å². The van der Waals surface area contributed by atoms with Gasteiger partial charge in [0, 0.05) is 18.8 Å². The molecule has 1 aliphatic rings. The minimum absolute atomic E-state index is 0.0194. The lowest BCUT2D eigenvalue weighted by molar-refractivity contribution is 0.0915. The second kappa shape index (κ2) is 11.4. The summed E-state index contributed by atoms with van der Waals surface area (Å²) in [7, 11) is -3.29. The molecule has 0 bridgehead atoms. The van der Waals surface area contributed by atoms with Crippen molar-refractivity contribution in [3.05, 3.63) is 58.9 Å². The van der Waals surface area contributed by atoms with E-state index in [2.05, 4.69) is 36.4 Å². The molecule has 1 aromatic heterocycles. The van der Waals surface area contributed by atoms with Gasteiger partial charge in [0.2, 0.25) is 0 Å². The van der Waals surface area contributed by atoms with Gasteiger partial charge in [0.25, 0.3) is 5.91 Å². The Hall–Kier alpha value is -2.29. The number of nitrogens with one attached hydrogen (secondary N) is 2. The Balaban J connectivity index is 0.00000107. The van der Waals surface area contributed by atoms with Gasteiger partial charge in [0.15, 0.2) is 9.84 Å². The smallest absolute Gasteiger partial charge is 0.253 e. The van der Waals surface area contributed by atoms with E-state index in [0.717, 1.165) is 17.7 Å². The van der Waals surface area contributed by atoms with E-state index in [1.165, 1.54) is 18.6 Å². The quantitative estimate of drug-likeness (QED) is 0.601. The van der Waals surface area contributed by atoms with Gasteiger partial charge in [-0.1, -0.05) is 46.2 Å². The molecule has 2 unspecified atom stereocenters. The van der Waals surface area contributed by atoms with Crippen molar-refractivity contribution in [3.63, 3.8) is 0 Å². The van der Waals surface area contributed by atoms with Crippen molar-refractivity contribution in [2.24, 2.45) is 0 Å². The molecule has 170 valence electrons. The van der Waals surface area contributed by atoms with Crippen LogP contribution in [0.15, 0.2) is 41.4 Å². The van der Waals surface area contributed by atoms with Crippen LogP contribution in [-0.2, 0) is 16.4 Å². The summed E-state index contributed by atoms with van der Waals surface area (Å²) in [5.41, 5.74) is 3.05. The van der Waals surface area contributed by atoms with Crippen molar-refractivity contribution in [2.45, 2.75) is 64.1 Å². The third-order valence-corrected chi connectivity index (χ3v) is 6.80. The third-order valence-electron chi connectivity index (χ3n) is 5.05. The molecular formula is C23H33N3O4S. The SMILES string of the molecule is CCC.CCC1NCc2cc(C(=O)NC(CO)c3ccc(S(=O)(=O)CC)cc3)cnc21. The van der Waals surface area contributed by atoms with Gasteiger partial charge in [-0.3, -0.25) is 9.78 Å². The fourth-order valence-electron chi connectivity index (χ4n) is 3.32. The Morgan fingerprint density at radius 1 is 1.23 bits per heavy atom. The van der Waals surface area contributed by atoms with Gasteiger partial charge in [0.1, 0.15) is 0 Å². The fraction of sp³-hybridized carbons (Fsp3) is 0.478. The van der Waals surface area contributed by atoms with Crippen LogP contribution in [0.1, 0.15) is 79.8 Å². The van der Waals surface area contributed by atoms with Crippen LogP contribution in [0.5, 0.6) is 0 Å². The lowest BCUT2D eigenvalue weighted by Gasteiger charge is -2.17. The monoisotopic (exact) mass is 447 g/mol. The first-order valence-corrected chi connectivity index (χ1v) is 12.4. The number of nitrogens with zero attached hydrogens (tertiary/aromatic N) is 1. The summed E-state index contributed by atoms with van der Waals surface area (Å²) in [5, 5.41) is 15.9. The summed E-state index contributed by atoms with van der Waals surface area (Å²) in [4.78, 5) is 17.3. The summed E-state index contributed by atoms with van der Waals surface area (Å²) in [6.45, 7) is 8.29. The number of hydrogen-bond acceptors (Lipinski definition) is 6. The zero-order valence-electron chi connectivity index (χ0n) is 18.7. The molecule has 1 aromatic carbocycles. The van der Waals surface area contributed by atoms with Crippen LogP contribution in [0.25, 0.3) is 0 Å². The molecule has 3 rings (SSSR count). The van der Waals surface area contributed by atoms with Crippen molar-refractivity contribution in [3.8, 4) is 0 Å². The third kappa shape index (κ3) is 6.12. The number of carbonyl (C=O) groups is 1. The molecule has 2 aromatic rings. The zero-order valence-corrected chi connectivity index (χ0v) is 19.5. The standard InChI is InChI=1S/C20H25N3O4S.C3H8/c1-3-17-19-14(10-21-17)9-15(11-22-19)20(25)23-18(12-24)13-5-7-16(8-6-13)28(26,27)4-2;1-3-2/h5-9,11,17-18,21,24H,3-4,10,12H2,1-2H3,(H,23,25);3H2,1-2H3. The van der Waals surface area contributed by atoms with E-state index in [1.807, 2.05) is 6.07 Å². The number of benzene rings is 1. The minimum Gasteiger partial charge on any atom is -0.394 e. The fourth-order valence-corrected chi connectivity index (χ4v) is 4.20. The van der Waals surface area contributed by atoms with E-state index >= 15 is 0 Å². The maximum Gasteiger partial charge on any atom is 0.253 e. The van der Waals surface area contributed by atoms with E-state index < -0.39 is 15.9 Å². The maximum atomic E-state index is 12.6. The van der Waals surface area contributed by atoms with Crippen LogP contribution in [0, 0.1) is 0 Å². The van der Waals surface area contributed by atoms with Crippen molar-refractivity contribution in [1.82, 2.24) is 15.6 Å². The number of sulfone groups is 1. The number of pyridine rings is 1. The number of rotatable bonds is 7. The average Bonchev–Trinajstić information content (AvgIpc) is 3.20. The van der Waals surface area contributed by atoms with E-state index in [0.29, 0.717) is 17.7 Å². The van der Waals surface area contributed by atoms with Crippen molar-refractivity contribution in [2.75, 3.05) is 12.4 Å². The number of carbonyl (C=O) groups excluding carboxylic acids is 1. The summed E-state index contributed by atoms with van der Waals surface area (Å²) in [6.07, 6.45) is 3.73. The highest BCUT2D eigenvalue weighted by Crippen LogP contribution is 2.26. The van der Waals surface area contributed by atoms with Crippen molar-refractivity contribution >= 4 is 15.7 Å². The average molecular weight is 448 g/mol. The van der Waals surface area contributed by atoms with Gasteiger partial charge < -0.3 is 15.7 Å². The molecule has 2 atom stereocenters. The molecule has 8 heteroatoms. The molecule has 0 saturated heterocycles.